The first-order valence-corrected chi connectivity index (χ1v) is 7.21. The molecule has 2 atom stereocenters. The van der Waals surface area contributed by atoms with Crippen LogP contribution in [0.1, 0.15) is 30.8 Å². The molecule has 5 heteroatoms. The molecule has 114 valence electrons. The molecular weight excluding hydrogens is 267 g/mol. The van der Waals surface area contributed by atoms with Crippen molar-refractivity contribution in [1.82, 2.24) is 14.5 Å². The molecule has 0 spiro atoms. The second kappa shape index (κ2) is 6.83. The SMILES string of the molecule is CCC(N)C(c1ccccc1F)N(C)Cc1nccn1C. The smallest absolute Gasteiger partial charge is 0.128 e. The van der Waals surface area contributed by atoms with Crippen LogP contribution in [-0.4, -0.2) is 27.5 Å². The lowest BCUT2D eigenvalue weighted by Gasteiger charge is -2.32. The first-order valence-electron chi connectivity index (χ1n) is 7.21. The first kappa shape index (κ1) is 15.7. The Bertz CT molecular complexity index is 581. The van der Waals surface area contributed by atoms with Gasteiger partial charge in [-0.05, 0) is 19.5 Å². The predicted octanol–water partition coefficient (Wildman–Crippen LogP) is 2.47. The van der Waals surface area contributed by atoms with E-state index >= 15 is 0 Å². The molecule has 2 N–H and O–H groups in total. The highest BCUT2D eigenvalue weighted by Gasteiger charge is 2.26. The summed E-state index contributed by atoms with van der Waals surface area (Å²) >= 11 is 0. The maximum Gasteiger partial charge on any atom is 0.128 e. The van der Waals surface area contributed by atoms with Gasteiger partial charge in [-0.25, -0.2) is 9.37 Å². The van der Waals surface area contributed by atoms with Crippen molar-refractivity contribution in [3.05, 3.63) is 53.9 Å². The molecule has 0 saturated carbocycles. The zero-order valence-corrected chi connectivity index (χ0v) is 12.8. The van der Waals surface area contributed by atoms with Crippen LogP contribution in [0.4, 0.5) is 4.39 Å². The van der Waals surface area contributed by atoms with E-state index in [1.807, 2.05) is 43.9 Å². The fourth-order valence-electron chi connectivity index (χ4n) is 2.60. The Kier molecular flexibility index (Phi) is 5.09. The molecule has 2 unspecified atom stereocenters. The standard InChI is InChI=1S/C16H23FN4/c1-4-14(18)16(12-7-5-6-8-13(12)17)21(3)11-15-19-9-10-20(15)2/h5-10,14,16H,4,11,18H2,1-3H3. The quantitative estimate of drug-likeness (QED) is 0.889. The van der Waals surface area contributed by atoms with Crippen molar-refractivity contribution in [3.63, 3.8) is 0 Å². The van der Waals surface area contributed by atoms with Crippen LogP contribution in [-0.2, 0) is 13.6 Å². The molecule has 0 bridgehead atoms. The van der Waals surface area contributed by atoms with Gasteiger partial charge in [0.1, 0.15) is 11.6 Å². The van der Waals surface area contributed by atoms with E-state index in [0.717, 1.165) is 12.2 Å². The minimum Gasteiger partial charge on any atom is -0.337 e. The summed E-state index contributed by atoms with van der Waals surface area (Å²) in [4.78, 5) is 6.39. The van der Waals surface area contributed by atoms with Gasteiger partial charge in [-0.15, -0.1) is 0 Å². The van der Waals surface area contributed by atoms with Crippen LogP contribution in [0, 0.1) is 5.82 Å². The van der Waals surface area contributed by atoms with Gasteiger partial charge >= 0.3 is 0 Å². The van der Waals surface area contributed by atoms with Crippen molar-refractivity contribution in [2.75, 3.05) is 7.05 Å². The van der Waals surface area contributed by atoms with Crippen LogP contribution in [0.5, 0.6) is 0 Å². The summed E-state index contributed by atoms with van der Waals surface area (Å²) in [6.07, 6.45) is 4.45. The number of hydrogen-bond acceptors (Lipinski definition) is 3. The van der Waals surface area contributed by atoms with Gasteiger partial charge in [0.25, 0.3) is 0 Å². The first-order chi connectivity index (χ1) is 10.0. The second-order valence-electron chi connectivity index (χ2n) is 5.41. The summed E-state index contributed by atoms with van der Waals surface area (Å²) < 4.78 is 16.1. The molecule has 0 aliphatic heterocycles. The van der Waals surface area contributed by atoms with Gasteiger partial charge < -0.3 is 10.3 Å². The van der Waals surface area contributed by atoms with Gasteiger partial charge in [0.05, 0.1) is 12.6 Å². The second-order valence-corrected chi connectivity index (χ2v) is 5.41. The van der Waals surface area contributed by atoms with Crippen molar-refractivity contribution < 1.29 is 4.39 Å². The maximum atomic E-state index is 14.2. The summed E-state index contributed by atoms with van der Waals surface area (Å²) in [5.41, 5.74) is 6.89. The Morgan fingerprint density at radius 3 is 2.67 bits per heavy atom. The van der Waals surface area contributed by atoms with Crippen molar-refractivity contribution >= 4 is 0 Å². The monoisotopic (exact) mass is 290 g/mol. The number of rotatable bonds is 6. The van der Waals surface area contributed by atoms with E-state index in [2.05, 4.69) is 9.88 Å². The summed E-state index contributed by atoms with van der Waals surface area (Å²) in [6.45, 7) is 2.64. The molecule has 0 radical (unpaired) electrons. The Labute approximate surface area is 125 Å². The van der Waals surface area contributed by atoms with Gasteiger partial charge in [-0.2, -0.15) is 0 Å². The normalized spacial score (nSPS) is 14.4. The fourth-order valence-corrected chi connectivity index (χ4v) is 2.60. The molecule has 0 aliphatic rings. The van der Waals surface area contributed by atoms with Crippen molar-refractivity contribution in [1.29, 1.82) is 0 Å². The van der Waals surface area contributed by atoms with Crippen molar-refractivity contribution in [2.24, 2.45) is 12.8 Å². The summed E-state index contributed by atoms with van der Waals surface area (Å²) in [6, 6.07) is 6.54. The molecule has 1 aromatic carbocycles. The minimum atomic E-state index is -0.210. The summed E-state index contributed by atoms with van der Waals surface area (Å²) in [7, 11) is 3.91. The van der Waals surface area contributed by atoms with Crippen LogP contribution in [0.3, 0.4) is 0 Å². The molecule has 0 fully saturated rings. The van der Waals surface area contributed by atoms with Gasteiger partial charge in [-0.1, -0.05) is 25.1 Å². The number of aromatic nitrogens is 2. The Morgan fingerprint density at radius 2 is 2.10 bits per heavy atom. The molecule has 1 aromatic heterocycles. The van der Waals surface area contributed by atoms with E-state index in [9.17, 15) is 4.39 Å². The molecule has 2 rings (SSSR count). The molecule has 4 nitrogen and oxygen atoms in total. The number of imidazole rings is 1. The average Bonchev–Trinajstić information content (AvgIpc) is 2.86. The van der Waals surface area contributed by atoms with Crippen LogP contribution in [0.25, 0.3) is 0 Å². The number of halogens is 1. The minimum absolute atomic E-state index is 0.132. The maximum absolute atomic E-state index is 14.2. The molecule has 0 aliphatic carbocycles. The lowest BCUT2D eigenvalue weighted by molar-refractivity contribution is 0.191. The van der Waals surface area contributed by atoms with Crippen LogP contribution in [0.2, 0.25) is 0 Å². The number of hydrogen-bond donors (Lipinski definition) is 1. The highest BCUT2D eigenvalue weighted by atomic mass is 19.1. The van der Waals surface area contributed by atoms with E-state index < -0.39 is 0 Å². The molecule has 0 saturated heterocycles. The van der Waals surface area contributed by atoms with E-state index in [4.69, 9.17) is 5.73 Å². The Morgan fingerprint density at radius 1 is 1.38 bits per heavy atom. The molecule has 1 heterocycles. The Hall–Kier alpha value is -1.72. The number of aryl methyl sites for hydroxylation is 1. The third kappa shape index (κ3) is 3.49. The Balaban J connectivity index is 2.28. The highest BCUT2D eigenvalue weighted by molar-refractivity contribution is 5.23. The van der Waals surface area contributed by atoms with Gasteiger partial charge in [0.15, 0.2) is 0 Å². The van der Waals surface area contributed by atoms with Crippen molar-refractivity contribution in [2.45, 2.75) is 32.0 Å². The topological polar surface area (TPSA) is 47.1 Å². The molecule has 21 heavy (non-hydrogen) atoms. The van der Waals surface area contributed by atoms with E-state index in [0.29, 0.717) is 12.1 Å². The molecule has 2 aromatic rings. The number of nitrogens with two attached hydrogens (primary N) is 1. The third-order valence-corrected chi connectivity index (χ3v) is 3.89. The predicted molar refractivity (Wildman–Crippen MR) is 82.1 cm³/mol. The van der Waals surface area contributed by atoms with E-state index in [-0.39, 0.29) is 17.9 Å². The van der Waals surface area contributed by atoms with Crippen LogP contribution >= 0.6 is 0 Å². The van der Waals surface area contributed by atoms with Crippen LogP contribution < -0.4 is 5.73 Å². The third-order valence-electron chi connectivity index (χ3n) is 3.89. The lowest BCUT2D eigenvalue weighted by Crippen LogP contribution is -2.39. The number of likely N-dealkylation sites (N-methyl/N-ethyl adjacent to an activating group) is 1. The van der Waals surface area contributed by atoms with E-state index in [1.165, 1.54) is 6.07 Å². The average molecular weight is 290 g/mol. The lowest BCUT2D eigenvalue weighted by atomic mass is 9.96. The number of benzene rings is 1. The van der Waals surface area contributed by atoms with Gasteiger partial charge in [-0.3, -0.25) is 4.90 Å². The van der Waals surface area contributed by atoms with Gasteiger partial charge in [0.2, 0.25) is 0 Å². The van der Waals surface area contributed by atoms with Gasteiger partial charge in [0, 0.05) is 31.0 Å². The van der Waals surface area contributed by atoms with Crippen molar-refractivity contribution in [3.8, 4) is 0 Å². The largest absolute Gasteiger partial charge is 0.337 e. The fraction of sp³-hybridized carbons (Fsp3) is 0.438. The summed E-state index contributed by atoms with van der Waals surface area (Å²) in [5.74, 6) is 0.722. The van der Waals surface area contributed by atoms with E-state index in [1.54, 1.807) is 12.3 Å². The summed E-state index contributed by atoms with van der Waals surface area (Å²) in [5, 5.41) is 0. The highest BCUT2D eigenvalue weighted by Crippen LogP contribution is 2.27. The zero-order chi connectivity index (χ0) is 15.4. The van der Waals surface area contributed by atoms with Crippen LogP contribution in [0.15, 0.2) is 36.7 Å². The zero-order valence-electron chi connectivity index (χ0n) is 12.8. The molecule has 0 amide bonds. The molecular formula is C16H23FN4. The number of nitrogens with zero attached hydrogens (tertiary/aromatic N) is 3.